The van der Waals surface area contributed by atoms with Crippen LogP contribution in [0.3, 0.4) is 0 Å². The smallest absolute Gasteiger partial charge is 0.275 e. The van der Waals surface area contributed by atoms with Gasteiger partial charge in [-0.1, -0.05) is 60.7 Å². The Labute approximate surface area is 645 Å². The van der Waals surface area contributed by atoms with Gasteiger partial charge in [0, 0.05) is 126 Å². The van der Waals surface area contributed by atoms with Gasteiger partial charge in [0.15, 0.2) is 16.9 Å². The summed E-state index contributed by atoms with van der Waals surface area (Å²) < 4.78 is 21.9. The summed E-state index contributed by atoms with van der Waals surface area (Å²) in [7, 11) is 15.0. The number of ether oxygens (including phenoxy) is 2. The molecule has 27 heteroatoms. The molecule has 9 aromatic heterocycles. The van der Waals surface area contributed by atoms with Crippen molar-refractivity contribution in [2.24, 2.45) is 21.1 Å². The molecule has 1 amide bonds. The highest BCUT2D eigenvalue weighted by Gasteiger charge is 2.31. The van der Waals surface area contributed by atoms with E-state index in [-0.39, 0.29) is 22.6 Å². The van der Waals surface area contributed by atoms with Gasteiger partial charge in [-0.3, -0.25) is 37.3 Å². The average molecular weight is 1500 g/mol. The lowest BCUT2D eigenvalue weighted by Gasteiger charge is -2.42. The van der Waals surface area contributed by atoms with Gasteiger partial charge >= 0.3 is 0 Å². The lowest BCUT2D eigenvalue weighted by molar-refractivity contribution is 0.0518. The summed E-state index contributed by atoms with van der Waals surface area (Å²) in [6.45, 7) is 14.5. The Morgan fingerprint density at radius 2 is 0.848 bits per heavy atom. The van der Waals surface area contributed by atoms with Crippen LogP contribution >= 0.6 is 0 Å². The zero-order valence-electron chi connectivity index (χ0n) is 64.6. The van der Waals surface area contributed by atoms with Crippen molar-refractivity contribution in [2.45, 2.75) is 44.6 Å². The van der Waals surface area contributed by atoms with Crippen LogP contribution in [0.25, 0.3) is 82.8 Å². The molecule has 6 aromatic carbocycles. The molecule has 27 nitrogen and oxygen atoms in total. The lowest BCUT2D eigenvalue weighted by atomic mass is 9.89. The third kappa shape index (κ3) is 13.7. The number of hydrogen-bond acceptors (Lipinski definition) is 20. The van der Waals surface area contributed by atoms with Crippen LogP contribution in [-0.2, 0) is 21.1 Å². The predicted molar refractivity (Wildman–Crippen MR) is 444 cm³/mol. The summed E-state index contributed by atoms with van der Waals surface area (Å²) in [5.74, 6) is 3.15. The van der Waals surface area contributed by atoms with Crippen molar-refractivity contribution < 1.29 is 14.3 Å². The second-order valence-electron chi connectivity index (χ2n) is 30.1. The highest BCUT2D eigenvalue weighted by Crippen LogP contribution is 2.37. The summed E-state index contributed by atoms with van der Waals surface area (Å²) in [6.07, 6.45) is 9.36. The number of methoxy groups -OCH3 is 2. The minimum atomic E-state index is -0.113. The molecule has 0 saturated carbocycles. The molecule has 0 spiro atoms. The van der Waals surface area contributed by atoms with Crippen LogP contribution in [0.5, 0.6) is 11.5 Å². The van der Waals surface area contributed by atoms with E-state index in [0.29, 0.717) is 96.8 Å². The summed E-state index contributed by atoms with van der Waals surface area (Å²) >= 11 is 0. The number of aromatic nitrogens is 12. The fourth-order valence-corrected chi connectivity index (χ4v) is 16.6. The first-order valence-electron chi connectivity index (χ1n) is 38.3. The van der Waals surface area contributed by atoms with Crippen LogP contribution in [0.2, 0.25) is 0 Å². The Hall–Kier alpha value is -12.3. The van der Waals surface area contributed by atoms with Crippen LogP contribution in [0.15, 0.2) is 179 Å². The molecule has 0 aliphatic carbocycles. The highest BCUT2D eigenvalue weighted by atomic mass is 16.5. The summed E-state index contributed by atoms with van der Waals surface area (Å²) in [4.78, 5) is 94.6. The van der Waals surface area contributed by atoms with E-state index < -0.39 is 0 Å². The molecular weight excluding hydrogens is 1410 g/mol. The number of aryl methyl sites for hydroxylation is 4. The molecule has 4 fully saturated rings. The van der Waals surface area contributed by atoms with Gasteiger partial charge in [0.25, 0.3) is 22.6 Å². The van der Waals surface area contributed by atoms with E-state index in [1.807, 2.05) is 127 Å². The number of hydrogen-bond donors (Lipinski definition) is 3. The number of piperidine rings is 2. The fraction of sp³-hybridized carbons (Fsp3) is 0.318. The summed E-state index contributed by atoms with van der Waals surface area (Å²) in [5, 5.41) is 12.9. The Kier molecular flexibility index (Phi) is 19.5. The topological polar surface area (TPSA) is 248 Å². The third-order valence-corrected chi connectivity index (χ3v) is 23.1. The summed E-state index contributed by atoms with van der Waals surface area (Å²) in [6, 6.07) is 48.2. The van der Waals surface area contributed by atoms with Crippen molar-refractivity contribution in [1.82, 2.24) is 81.3 Å². The molecule has 0 unspecified atom stereocenters. The Balaban J connectivity index is 0.000000123. The van der Waals surface area contributed by atoms with Gasteiger partial charge in [0.05, 0.1) is 60.7 Å². The second kappa shape index (κ2) is 30.2. The number of carbonyl (C=O) groups is 1. The van der Waals surface area contributed by atoms with E-state index in [9.17, 15) is 19.2 Å². The Morgan fingerprint density at radius 3 is 1.31 bits per heavy atom. The van der Waals surface area contributed by atoms with Crippen molar-refractivity contribution in [3.05, 3.63) is 212 Å². The van der Waals surface area contributed by atoms with Crippen LogP contribution in [-0.4, -0.2) is 207 Å². The van der Waals surface area contributed by atoms with Gasteiger partial charge in [-0.05, 0) is 169 Å². The van der Waals surface area contributed by atoms with Gasteiger partial charge in [-0.2, -0.15) is 15.0 Å². The Morgan fingerprint density at radius 1 is 0.420 bits per heavy atom. The lowest BCUT2D eigenvalue weighted by Crippen LogP contribution is -2.52. The number of nitrogens with zero attached hydrogens (tertiary/aromatic N) is 18. The maximum absolute atomic E-state index is 13.4. The van der Waals surface area contributed by atoms with Gasteiger partial charge in [-0.15, -0.1) is 0 Å². The largest absolute Gasteiger partial charge is 0.495 e. The van der Waals surface area contributed by atoms with Crippen molar-refractivity contribution in [3.63, 3.8) is 0 Å². The van der Waals surface area contributed by atoms with Crippen LogP contribution in [0.1, 0.15) is 53.1 Å². The molecule has 13 heterocycles. The van der Waals surface area contributed by atoms with Crippen molar-refractivity contribution in [2.75, 3.05) is 135 Å². The zero-order valence-corrected chi connectivity index (χ0v) is 64.6. The number of amides is 1. The number of fused-ring (bicyclic) bond motifs is 15. The predicted octanol–water partition coefficient (Wildman–Crippen LogP) is 11.2. The standard InChI is InChI=1S/C32H36N8O3.C27H28N6O2.C26H27N7O/c1-36-14-16-38(17-15-36)23-10-12-39(13-11-23)30(41)22-8-9-24(28(19-22)43-3)34-32-33-20-27-29(35-32)40-25-7-5-4-6-21(25)18-26(40)31(42)37(27)2;1-31-12-10-17(11-13-31)18-8-9-20(24(15-18)35-3)29-27-28-16-23-25(30-27)33-21-7-5-4-6-19(21)14-22(33)26(34)32(23)2;1-17-14-19(8-9-20(17)32-12-10-30(2)11-13-32)28-26-27-16-23-24(29-26)33-21-7-5-4-6-18(21)15-22(33)25(34)31(23)3/h4-9,18-20,23H,10-17H2,1-3H3,(H,33,34,35);4-9,14-17H,10-13H2,1-3H3,(H,28,29,30);4-9,14-16H,10-13H2,1-3H3,(H,27,28,29). The first kappa shape index (κ1) is 72.6. The quantitative estimate of drug-likeness (QED) is 0.103. The Bertz CT molecular complexity index is 6350. The highest BCUT2D eigenvalue weighted by molar-refractivity contribution is 5.97. The van der Waals surface area contributed by atoms with E-state index in [0.717, 1.165) is 154 Å². The third-order valence-electron chi connectivity index (χ3n) is 23.1. The van der Waals surface area contributed by atoms with Gasteiger partial charge < -0.3 is 63.6 Å². The molecule has 572 valence electrons. The zero-order chi connectivity index (χ0) is 77.2. The number of rotatable bonds is 12. The van der Waals surface area contributed by atoms with E-state index in [1.54, 1.807) is 73.7 Å². The average Bonchev–Trinajstić information content (AvgIpc) is 1.56. The second-order valence-corrected chi connectivity index (χ2v) is 30.1. The van der Waals surface area contributed by atoms with E-state index >= 15 is 0 Å². The van der Waals surface area contributed by atoms with Gasteiger partial charge in [-0.25, -0.2) is 15.0 Å². The number of likely N-dealkylation sites (tertiary alicyclic amines) is 2. The summed E-state index contributed by atoms with van der Waals surface area (Å²) in [5.41, 5.74) is 15.0. The number of para-hydroxylation sites is 3. The SMILES string of the molecule is COc1cc(C(=O)N2CCC(N3CCN(C)CC3)CC2)ccc1Nc1ncc2c(n1)n1c(cc3ccccc31)c(=O)n2C.COc1cc(C2CCN(C)CC2)ccc1Nc1ncc2c(n1)n1c(cc3ccccc31)c(=O)n2C.Cc1cc(Nc2ncc3c(n2)n2c(cc4ccccc42)c(=O)n3C)ccc1N1CCN(C)CC1. The molecule has 112 heavy (non-hydrogen) atoms. The maximum atomic E-state index is 13.4. The molecule has 0 bridgehead atoms. The molecular formula is C85H91N21O6. The van der Waals surface area contributed by atoms with E-state index in [2.05, 4.69) is 114 Å². The van der Waals surface area contributed by atoms with Gasteiger partial charge in [0.2, 0.25) is 17.8 Å². The number of benzene rings is 6. The molecule has 15 aromatic rings. The normalized spacial score (nSPS) is 15.9. The van der Waals surface area contributed by atoms with Crippen molar-refractivity contribution in [1.29, 1.82) is 0 Å². The van der Waals surface area contributed by atoms with Crippen LogP contribution in [0, 0.1) is 6.92 Å². The molecule has 0 atom stereocenters. The number of likely N-dealkylation sites (N-methyl/N-ethyl adjacent to an activating group) is 2. The molecule has 0 radical (unpaired) electrons. The van der Waals surface area contributed by atoms with Crippen LogP contribution < -0.4 is 47.0 Å². The van der Waals surface area contributed by atoms with Crippen molar-refractivity contribution in [3.8, 4) is 11.5 Å². The minimum Gasteiger partial charge on any atom is -0.495 e. The minimum absolute atomic E-state index is 0.0198. The first-order valence-corrected chi connectivity index (χ1v) is 38.3. The first-order chi connectivity index (χ1) is 54.4. The molecule has 4 aliphatic heterocycles. The number of carbonyl (C=O) groups excluding carboxylic acids is 1. The molecule has 4 saturated heterocycles. The number of nitrogens with one attached hydrogen (secondary N) is 3. The molecule has 19 rings (SSSR count). The van der Waals surface area contributed by atoms with Crippen molar-refractivity contribution >= 4 is 129 Å². The van der Waals surface area contributed by atoms with Gasteiger partial charge in [0.1, 0.15) is 44.6 Å². The number of anilines is 7. The van der Waals surface area contributed by atoms with E-state index in [4.69, 9.17) is 24.4 Å². The fourth-order valence-electron chi connectivity index (χ4n) is 16.6. The number of piperazine rings is 2. The molecule has 4 aliphatic rings. The van der Waals surface area contributed by atoms with E-state index in [1.165, 1.54) is 16.8 Å². The monoisotopic (exact) mass is 1500 g/mol. The molecule has 3 N–H and O–H groups in total. The maximum Gasteiger partial charge on any atom is 0.275 e. The van der Waals surface area contributed by atoms with Crippen LogP contribution in [0.4, 0.5) is 40.6 Å².